The van der Waals surface area contributed by atoms with Gasteiger partial charge in [0, 0.05) is 17.4 Å². The summed E-state index contributed by atoms with van der Waals surface area (Å²) in [5.41, 5.74) is 2.06. The van der Waals surface area contributed by atoms with Gasteiger partial charge in [0.2, 0.25) is 0 Å². The molecule has 1 N–H and O–H groups in total. The third-order valence-electron chi connectivity index (χ3n) is 2.88. The van der Waals surface area contributed by atoms with Crippen LogP contribution in [0.15, 0.2) is 84.9 Å². The van der Waals surface area contributed by atoms with E-state index >= 15 is 0 Å². The fourth-order valence-corrected chi connectivity index (χ4v) is 1.95. The molecule has 2 nitrogen and oxygen atoms in total. The number of rotatable bonds is 4. The Balaban J connectivity index is 1.76. The first kappa shape index (κ1) is 12.3. The van der Waals surface area contributed by atoms with Gasteiger partial charge in [-0.05, 0) is 36.4 Å². The van der Waals surface area contributed by atoms with Crippen LogP contribution in [0.25, 0.3) is 0 Å². The van der Waals surface area contributed by atoms with Crippen molar-refractivity contribution in [3.05, 3.63) is 84.9 Å². The molecule has 0 radical (unpaired) electrons. The van der Waals surface area contributed by atoms with Gasteiger partial charge in [-0.25, -0.2) is 0 Å². The molecule has 0 heterocycles. The first-order valence-corrected chi connectivity index (χ1v) is 6.55. The topological polar surface area (TPSA) is 21.3 Å². The summed E-state index contributed by atoms with van der Waals surface area (Å²) in [7, 11) is 0. The van der Waals surface area contributed by atoms with E-state index in [1.165, 1.54) is 0 Å². The molecule has 98 valence electrons. The van der Waals surface area contributed by atoms with Crippen molar-refractivity contribution in [2.24, 2.45) is 0 Å². The minimum absolute atomic E-state index is 0.817. The molecule has 0 saturated heterocycles. The zero-order chi connectivity index (χ0) is 13.6. The van der Waals surface area contributed by atoms with Crippen LogP contribution in [0.4, 0.5) is 11.4 Å². The smallest absolute Gasteiger partial charge is 0.129 e. The molecule has 0 unspecified atom stereocenters. The third-order valence-corrected chi connectivity index (χ3v) is 2.88. The highest BCUT2D eigenvalue weighted by atomic mass is 16.5. The quantitative estimate of drug-likeness (QED) is 0.695. The van der Waals surface area contributed by atoms with Gasteiger partial charge in [0.25, 0.3) is 0 Å². The fraction of sp³-hybridized carbons (Fsp3) is 0. The maximum Gasteiger partial charge on any atom is 0.129 e. The van der Waals surface area contributed by atoms with E-state index in [-0.39, 0.29) is 0 Å². The normalized spacial score (nSPS) is 10.0. The van der Waals surface area contributed by atoms with E-state index < -0.39 is 0 Å². The minimum atomic E-state index is 0.817. The van der Waals surface area contributed by atoms with Crippen LogP contribution in [0.2, 0.25) is 0 Å². The van der Waals surface area contributed by atoms with Crippen LogP contribution < -0.4 is 10.1 Å². The van der Waals surface area contributed by atoms with Gasteiger partial charge in [-0.3, -0.25) is 0 Å². The number of anilines is 2. The van der Waals surface area contributed by atoms with Crippen LogP contribution in [-0.2, 0) is 0 Å². The number of nitrogens with one attached hydrogen (secondary N) is 1. The van der Waals surface area contributed by atoms with E-state index in [2.05, 4.69) is 5.32 Å². The molecule has 0 aliphatic carbocycles. The molecule has 20 heavy (non-hydrogen) atoms. The van der Waals surface area contributed by atoms with Crippen molar-refractivity contribution in [3.8, 4) is 11.5 Å². The largest absolute Gasteiger partial charge is 0.457 e. The molecular formula is C18H15NO. The molecule has 0 amide bonds. The van der Waals surface area contributed by atoms with E-state index in [0.29, 0.717) is 0 Å². The van der Waals surface area contributed by atoms with E-state index in [4.69, 9.17) is 4.74 Å². The van der Waals surface area contributed by atoms with Crippen LogP contribution in [-0.4, -0.2) is 0 Å². The van der Waals surface area contributed by atoms with Gasteiger partial charge in [0.15, 0.2) is 0 Å². The molecule has 0 saturated carbocycles. The summed E-state index contributed by atoms with van der Waals surface area (Å²) in [4.78, 5) is 0. The molecule has 2 heteroatoms. The van der Waals surface area contributed by atoms with Crippen molar-refractivity contribution in [2.45, 2.75) is 0 Å². The molecule has 3 rings (SSSR count). The molecule has 0 aromatic heterocycles. The predicted octanol–water partition coefficient (Wildman–Crippen LogP) is 5.22. The van der Waals surface area contributed by atoms with E-state index in [1.807, 2.05) is 84.9 Å². The second-order valence-corrected chi connectivity index (χ2v) is 4.43. The van der Waals surface area contributed by atoms with Crippen LogP contribution >= 0.6 is 0 Å². The maximum absolute atomic E-state index is 5.82. The molecule has 0 aliphatic heterocycles. The lowest BCUT2D eigenvalue weighted by molar-refractivity contribution is 0.483. The van der Waals surface area contributed by atoms with Gasteiger partial charge in [0.1, 0.15) is 11.5 Å². The molecule has 0 spiro atoms. The van der Waals surface area contributed by atoms with Crippen LogP contribution in [0, 0.1) is 0 Å². The van der Waals surface area contributed by atoms with Crippen LogP contribution in [0.1, 0.15) is 0 Å². The van der Waals surface area contributed by atoms with Crippen molar-refractivity contribution in [1.82, 2.24) is 0 Å². The Bertz CT molecular complexity index is 609. The Morgan fingerprint density at radius 1 is 0.550 bits per heavy atom. The summed E-state index contributed by atoms with van der Waals surface area (Å²) in [5, 5.41) is 3.35. The highest BCUT2D eigenvalue weighted by Gasteiger charge is 1.99. The number of benzene rings is 3. The van der Waals surface area contributed by atoms with Crippen molar-refractivity contribution in [1.29, 1.82) is 0 Å². The number of para-hydroxylation sites is 2. The number of hydrogen-bond acceptors (Lipinski definition) is 2. The summed E-state index contributed by atoms with van der Waals surface area (Å²) in [5.74, 6) is 1.65. The fourth-order valence-electron chi connectivity index (χ4n) is 1.95. The maximum atomic E-state index is 5.82. The van der Waals surface area contributed by atoms with Gasteiger partial charge < -0.3 is 10.1 Å². The molecule has 0 atom stereocenters. The zero-order valence-corrected chi connectivity index (χ0v) is 11.0. The Hall–Kier alpha value is -2.74. The van der Waals surface area contributed by atoms with Crippen LogP contribution in [0.5, 0.6) is 11.5 Å². The SMILES string of the molecule is c1ccc(Nc2cccc(Oc3ccccc3)c2)cc1. The average molecular weight is 261 g/mol. The third kappa shape index (κ3) is 3.18. The number of ether oxygens (including phenoxy) is 1. The monoisotopic (exact) mass is 261 g/mol. The Labute approximate surface area is 118 Å². The van der Waals surface area contributed by atoms with Gasteiger partial charge >= 0.3 is 0 Å². The number of hydrogen-bond donors (Lipinski definition) is 1. The van der Waals surface area contributed by atoms with Crippen molar-refractivity contribution in [3.63, 3.8) is 0 Å². The van der Waals surface area contributed by atoms with Crippen molar-refractivity contribution < 1.29 is 4.74 Å². The van der Waals surface area contributed by atoms with Gasteiger partial charge in [-0.1, -0.05) is 42.5 Å². The van der Waals surface area contributed by atoms with E-state index in [9.17, 15) is 0 Å². The summed E-state index contributed by atoms with van der Waals surface area (Å²) in [6.07, 6.45) is 0. The highest BCUT2D eigenvalue weighted by molar-refractivity contribution is 5.61. The molecule has 0 bridgehead atoms. The second-order valence-electron chi connectivity index (χ2n) is 4.43. The van der Waals surface area contributed by atoms with Gasteiger partial charge in [-0.15, -0.1) is 0 Å². The van der Waals surface area contributed by atoms with Crippen molar-refractivity contribution in [2.75, 3.05) is 5.32 Å². The van der Waals surface area contributed by atoms with Gasteiger partial charge in [-0.2, -0.15) is 0 Å². The summed E-state index contributed by atoms with van der Waals surface area (Å²) >= 11 is 0. The lowest BCUT2D eigenvalue weighted by atomic mass is 10.2. The molecule has 3 aromatic rings. The lowest BCUT2D eigenvalue weighted by Crippen LogP contribution is -1.90. The molecule has 0 aliphatic rings. The van der Waals surface area contributed by atoms with Crippen molar-refractivity contribution >= 4 is 11.4 Å². The standard InChI is InChI=1S/C18H15NO/c1-3-8-15(9-4-1)19-16-10-7-13-18(14-16)20-17-11-5-2-6-12-17/h1-14,19H. The molecule has 3 aromatic carbocycles. The van der Waals surface area contributed by atoms with Crippen LogP contribution in [0.3, 0.4) is 0 Å². The summed E-state index contributed by atoms with van der Waals surface area (Å²) in [6.45, 7) is 0. The average Bonchev–Trinajstić information content (AvgIpc) is 2.50. The summed E-state index contributed by atoms with van der Waals surface area (Å²) < 4.78 is 5.82. The first-order valence-electron chi connectivity index (χ1n) is 6.55. The molecular weight excluding hydrogens is 246 g/mol. The Morgan fingerprint density at radius 3 is 1.90 bits per heavy atom. The first-order chi connectivity index (χ1) is 9.90. The second kappa shape index (κ2) is 5.93. The zero-order valence-electron chi connectivity index (χ0n) is 11.0. The summed E-state index contributed by atoms with van der Waals surface area (Å²) in [6, 6.07) is 27.8. The minimum Gasteiger partial charge on any atom is -0.457 e. The van der Waals surface area contributed by atoms with Gasteiger partial charge in [0.05, 0.1) is 0 Å². The lowest BCUT2D eigenvalue weighted by Gasteiger charge is -2.09. The Kier molecular flexibility index (Phi) is 3.65. The Morgan fingerprint density at radius 2 is 1.15 bits per heavy atom. The predicted molar refractivity (Wildman–Crippen MR) is 82.7 cm³/mol. The van der Waals surface area contributed by atoms with E-state index in [0.717, 1.165) is 22.9 Å². The van der Waals surface area contributed by atoms with E-state index in [1.54, 1.807) is 0 Å². The highest BCUT2D eigenvalue weighted by Crippen LogP contribution is 2.25. The molecule has 0 fully saturated rings.